The summed E-state index contributed by atoms with van der Waals surface area (Å²) in [5, 5.41) is 4.01. The number of benzene rings is 1. The number of hydrogen-bond acceptors (Lipinski definition) is 5. The van der Waals surface area contributed by atoms with E-state index >= 15 is 0 Å². The zero-order chi connectivity index (χ0) is 15.0. The highest BCUT2D eigenvalue weighted by molar-refractivity contribution is 7.48. The van der Waals surface area contributed by atoms with Crippen LogP contribution in [0.3, 0.4) is 0 Å². The van der Waals surface area contributed by atoms with Crippen LogP contribution < -0.4 is 0 Å². The van der Waals surface area contributed by atoms with Crippen molar-refractivity contribution < 1.29 is 18.2 Å². The van der Waals surface area contributed by atoms with E-state index < -0.39 is 7.82 Å². The van der Waals surface area contributed by atoms with Crippen LogP contribution in [0.2, 0.25) is 0 Å². The Balaban J connectivity index is 2.95. The normalized spacial score (nSPS) is 12.8. The summed E-state index contributed by atoms with van der Waals surface area (Å²) in [5.74, 6) is 0.120. The van der Waals surface area contributed by atoms with Crippen LogP contribution in [-0.4, -0.2) is 18.9 Å². The third-order valence-corrected chi connectivity index (χ3v) is 3.86. The number of oxime groups is 1. The van der Waals surface area contributed by atoms with Gasteiger partial charge in [0.15, 0.2) is 0 Å². The van der Waals surface area contributed by atoms with Gasteiger partial charge in [-0.2, -0.15) is 0 Å². The van der Waals surface area contributed by atoms with Crippen molar-refractivity contribution in [1.82, 2.24) is 0 Å². The molecule has 0 unspecified atom stereocenters. The zero-order valence-corrected chi connectivity index (χ0v) is 13.3. The maximum absolute atomic E-state index is 12.2. The highest BCUT2D eigenvalue weighted by atomic mass is 31.2. The monoisotopic (exact) mass is 299 g/mol. The molecule has 0 N–H and O–H groups in total. The van der Waals surface area contributed by atoms with Gasteiger partial charge in [-0.05, 0) is 25.3 Å². The van der Waals surface area contributed by atoms with Gasteiger partial charge in [0, 0.05) is 0 Å². The first kappa shape index (κ1) is 16.9. The molecule has 0 spiro atoms. The molecule has 0 saturated heterocycles. The molecule has 0 bridgehead atoms. The van der Waals surface area contributed by atoms with Crippen LogP contribution in [0.4, 0.5) is 0 Å². The molecule has 20 heavy (non-hydrogen) atoms. The highest BCUT2D eigenvalue weighted by Gasteiger charge is 2.27. The van der Waals surface area contributed by atoms with Gasteiger partial charge in [-0.25, -0.2) is 4.57 Å². The third kappa shape index (κ3) is 5.08. The number of nitrogens with zero attached hydrogens (tertiary/aromatic N) is 1. The van der Waals surface area contributed by atoms with Crippen LogP contribution in [0.5, 0.6) is 0 Å². The number of hydrogen-bond donors (Lipinski definition) is 0. The molecule has 0 radical (unpaired) electrons. The molecule has 0 saturated carbocycles. The zero-order valence-electron chi connectivity index (χ0n) is 12.4. The number of rotatable bonds is 8. The van der Waals surface area contributed by atoms with Crippen molar-refractivity contribution in [1.29, 1.82) is 0 Å². The van der Waals surface area contributed by atoms with Gasteiger partial charge in [0.2, 0.25) is 0 Å². The lowest BCUT2D eigenvalue weighted by molar-refractivity contribution is 0.124. The molecule has 0 aliphatic heterocycles. The van der Waals surface area contributed by atoms with E-state index in [0.717, 1.165) is 5.56 Å². The van der Waals surface area contributed by atoms with Gasteiger partial charge in [-0.15, -0.1) is 0 Å². The van der Waals surface area contributed by atoms with Crippen molar-refractivity contribution in [3.05, 3.63) is 35.9 Å². The van der Waals surface area contributed by atoms with Gasteiger partial charge < -0.3 is 0 Å². The minimum absolute atomic E-state index is 0.120. The lowest BCUT2D eigenvalue weighted by Gasteiger charge is -2.15. The largest absolute Gasteiger partial charge is 0.550 e. The SMILES string of the molecule is CCOP(=O)(OCC)ON=C(c1ccccc1)C(C)C. The Labute approximate surface area is 120 Å². The van der Waals surface area contributed by atoms with Crippen molar-refractivity contribution in [2.75, 3.05) is 13.2 Å². The summed E-state index contributed by atoms with van der Waals surface area (Å²) in [5.41, 5.74) is 1.62. The van der Waals surface area contributed by atoms with E-state index in [0.29, 0.717) is 5.71 Å². The van der Waals surface area contributed by atoms with E-state index in [1.165, 1.54) is 0 Å². The molecular formula is C14H22NO4P. The summed E-state index contributed by atoms with van der Waals surface area (Å²) in [6, 6.07) is 9.60. The second-order valence-electron chi connectivity index (χ2n) is 4.36. The molecule has 0 amide bonds. The van der Waals surface area contributed by atoms with Gasteiger partial charge >= 0.3 is 7.82 Å². The maximum atomic E-state index is 12.2. The summed E-state index contributed by atoms with van der Waals surface area (Å²) in [6.45, 7) is 7.88. The van der Waals surface area contributed by atoms with Crippen molar-refractivity contribution >= 4 is 13.5 Å². The average Bonchev–Trinajstić information content (AvgIpc) is 2.40. The quantitative estimate of drug-likeness (QED) is 0.409. The van der Waals surface area contributed by atoms with Crippen molar-refractivity contribution in [2.45, 2.75) is 27.7 Å². The van der Waals surface area contributed by atoms with Gasteiger partial charge in [0.25, 0.3) is 0 Å². The maximum Gasteiger partial charge on any atom is 0.550 e. The molecule has 0 aliphatic carbocycles. The van der Waals surface area contributed by atoms with Crippen LogP contribution in [-0.2, 0) is 18.2 Å². The Bertz CT molecular complexity index is 463. The first-order valence-corrected chi connectivity index (χ1v) is 8.19. The molecule has 5 nitrogen and oxygen atoms in total. The lowest BCUT2D eigenvalue weighted by Crippen LogP contribution is -2.10. The summed E-state index contributed by atoms with van der Waals surface area (Å²) in [6.07, 6.45) is 0. The molecule has 0 aliphatic rings. The predicted molar refractivity (Wildman–Crippen MR) is 79.8 cm³/mol. The molecule has 112 valence electrons. The fourth-order valence-electron chi connectivity index (χ4n) is 1.59. The summed E-state index contributed by atoms with van der Waals surface area (Å²) in [4.78, 5) is 0. The summed E-state index contributed by atoms with van der Waals surface area (Å²) >= 11 is 0. The Kier molecular flexibility index (Phi) is 6.93. The van der Waals surface area contributed by atoms with E-state index in [2.05, 4.69) is 5.16 Å². The van der Waals surface area contributed by atoms with Crippen LogP contribution in [0.1, 0.15) is 33.3 Å². The molecule has 1 aromatic carbocycles. The molecule has 0 atom stereocenters. The third-order valence-electron chi connectivity index (χ3n) is 2.43. The molecule has 0 heterocycles. The molecule has 0 aromatic heterocycles. The van der Waals surface area contributed by atoms with Crippen LogP contribution >= 0.6 is 7.82 Å². The molecule has 1 aromatic rings. The van der Waals surface area contributed by atoms with E-state index in [1.54, 1.807) is 13.8 Å². The van der Waals surface area contributed by atoms with Gasteiger partial charge in [0.05, 0.1) is 18.9 Å². The Morgan fingerprint density at radius 3 is 2.15 bits per heavy atom. The predicted octanol–water partition coefficient (Wildman–Crippen LogP) is 4.24. The van der Waals surface area contributed by atoms with Crippen molar-refractivity contribution in [3.8, 4) is 0 Å². The highest BCUT2D eigenvalue weighted by Crippen LogP contribution is 2.49. The van der Waals surface area contributed by atoms with Crippen molar-refractivity contribution in [2.24, 2.45) is 11.1 Å². The Morgan fingerprint density at radius 1 is 1.15 bits per heavy atom. The second-order valence-corrected chi connectivity index (χ2v) is 5.94. The van der Waals surface area contributed by atoms with Crippen LogP contribution in [0.15, 0.2) is 35.5 Å². The molecule has 1 rings (SSSR count). The Morgan fingerprint density at radius 2 is 1.70 bits per heavy atom. The standard InChI is InChI=1S/C14H22NO4P/c1-5-17-20(16,18-6-2)19-15-14(12(3)4)13-10-8-7-9-11-13/h7-12H,5-6H2,1-4H3. The first-order valence-electron chi connectivity index (χ1n) is 6.73. The molecular weight excluding hydrogens is 277 g/mol. The first-order chi connectivity index (χ1) is 9.52. The summed E-state index contributed by atoms with van der Waals surface area (Å²) in [7, 11) is -3.62. The minimum Gasteiger partial charge on any atom is -0.292 e. The van der Waals surface area contributed by atoms with E-state index in [4.69, 9.17) is 13.7 Å². The topological polar surface area (TPSA) is 57.1 Å². The average molecular weight is 299 g/mol. The smallest absolute Gasteiger partial charge is 0.292 e. The van der Waals surface area contributed by atoms with Gasteiger partial charge in [0.1, 0.15) is 0 Å². The van der Waals surface area contributed by atoms with Gasteiger partial charge in [-0.1, -0.05) is 49.3 Å². The van der Waals surface area contributed by atoms with Crippen molar-refractivity contribution in [3.63, 3.8) is 0 Å². The van der Waals surface area contributed by atoms with Gasteiger partial charge in [-0.3, -0.25) is 13.7 Å². The molecule has 6 heteroatoms. The second kappa shape index (κ2) is 8.20. The fourth-order valence-corrected chi connectivity index (χ4v) is 2.58. The van der Waals surface area contributed by atoms with E-state index in [9.17, 15) is 4.57 Å². The Hall–Kier alpha value is -1.16. The summed E-state index contributed by atoms with van der Waals surface area (Å²) < 4.78 is 27.4. The van der Waals surface area contributed by atoms with E-state index in [1.807, 2.05) is 44.2 Å². The lowest BCUT2D eigenvalue weighted by atomic mass is 10.0. The number of phosphoric acid groups is 1. The van der Waals surface area contributed by atoms with Crippen LogP contribution in [0, 0.1) is 5.92 Å². The van der Waals surface area contributed by atoms with E-state index in [-0.39, 0.29) is 19.1 Å². The fraction of sp³-hybridized carbons (Fsp3) is 0.500. The molecule has 0 fully saturated rings. The minimum atomic E-state index is -3.62. The van der Waals surface area contributed by atoms with Crippen LogP contribution in [0.25, 0.3) is 0 Å². The number of phosphoric ester groups is 1.